The van der Waals surface area contributed by atoms with Gasteiger partial charge in [-0.15, -0.1) is 0 Å². The number of carbonyl (C=O) groups excluding carboxylic acids is 2. The Labute approximate surface area is 156 Å². The second kappa shape index (κ2) is 10.2. The molecule has 1 aliphatic heterocycles. The number of hydrogen-bond acceptors (Lipinski definition) is 4. The van der Waals surface area contributed by atoms with Crippen LogP contribution in [0.25, 0.3) is 0 Å². The summed E-state index contributed by atoms with van der Waals surface area (Å²) < 4.78 is 6.25. The minimum atomic E-state index is -0.199. The van der Waals surface area contributed by atoms with E-state index in [1.165, 1.54) is 0 Å². The molecule has 0 atom stereocenters. The van der Waals surface area contributed by atoms with Gasteiger partial charge in [0.1, 0.15) is 0 Å². The first kappa shape index (κ1) is 19.4. The van der Waals surface area contributed by atoms with Gasteiger partial charge in [0.25, 0.3) is 5.91 Å². The van der Waals surface area contributed by atoms with Crippen molar-refractivity contribution in [2.45, 2.75) is 31.7 Å². The molecular weight excluding hydrogens is 386 g/mol. The first-order valence-electron chi connectivity index (χ1n) is 8.39. The largest absolute Gasteiger partial charge is 0.381 e. The van der Waals surface area contributed by atoms with Crippen molar-refractivity contribution < 1.29 is 14.3 Å². The molecule has 6 nitrogen and oxygen atoms in total. The van der Waals surface area contributed by atoms with Crippen molar-refractivity contribution in [3.63, 3.8) is 0 Å². The number of nitriles is 1. The summed E-state index contributed by atoms with van der Waals surface area (Å²) in [6, 6.07) is 9.27. The fourth-order valence-corrected chi connectivity index (χ4v) is 3.07. The highest BCUT2D eigenvalue weighted by Gasteiger charge is 2.25. The number of carbonyl (C=O) groups is 2. The van der Waals surface area contributed by atoms with E-state index in [0.29, 0.717) is 31.7 Å². The van der Waals surface area contributed by atoms with E-state index in [0.717, 1.165) is 17.3 Å². The lowest BCUT2D eigenvalue weighted by Gasteiger charge is -2.34. The Balaban J connectivity index is 1.84. The lowest BCUT2D eigenvalue weighted by Crippen LogP contribution is -2.44. The van der Waals surface area contributed by atoms with Gasteiger partial charge in [-0.05, 0) is 37.1 Å². The summed E-state index contributed by atoms with van der Waals surface area (Å²) in [6.07, 6.45) is 2.13. The third-order valence-corrected chi connectivity index (χ3v) is 4.68. The number of benzene rings is 1. The zero-order valence-electron chi connectivity index (χ0n) is 14.0. The summed E-state index contributed by atoms with van der Waals surface area (Å²) in [6.45, 7) is 1.99. The molecule has 0 aliphatic carbocycles. The second-order valence-corrected chi connectivity index (χ2v) is 6.77. The molecule has 1 aliphatic rings. The van der Waals surface area contributed by atoms with E-state index >= 15 is 0 Å². The monoisotopic (exact) mass is 407 g/mol. The molecule has 1 N–H and O–H groups in total. The van der Waals surface area contributed by atoms with Crippen molar-refractivity contribution in [3.8, 4) is 6.07 Å². The minimum Gasteiger partial charge on any atom is -0.381 e. The topological polar surface area (TPSA) is 82.4 Å². The van der Waals surface area contributed by atoms with Gasteiger partial charge in [-0.2, -0.15) is 5.26 Å². The fraction of sp³-hybridized carbons (Fsp3) is 0.500. The van der Waals surface area contributed by atoms with E-state index in [1.807, 2.05) is 0 Å². The van der Waals surface area contributed by atoms with E-state index in [2.05, 4.69) is 27.3 Å². The Hall–Kier alpha value is -1.91. The van der Waals surface area contributed by atoms with E-state index in [-0.39, 0.29) is 30.8 Å². The first-order valence-corrected chi connectivity index (χ1v) is 9.19. The van der Waals surface area contributed by atoms with Crippen LogP contribution in [0.3, 0.4) is 0 Å². The normalized spacial score (nSPS) is 14.6. The molecule has 0 saturated carbocycles. The predicted octanol–water partition coefficient (Wildman–Crippen LogP) is 2.49. The van der Waals surface area contributed by atoms with Crippen molar-refractivity contribution in [2.24, 2.45) is 0 Å². The number of ether oxygens (including phenoxy) is 1. The number of nitrogens with zero attached hydrogens (tertiary/aromatic N) is 2. The zero-order valence-corrected chi connectivity index (χ0v) is 15.6. The number of halogens is 1. The molecule has 0 unspecified atom stereocenters. The fourth-order valence-electron chi connectivity index (χ4n) is 2.81. The van der Waals surface area contributed by atoms with Crippen LogP contribution in [-0.2, 0) is 9.53 Å². The molecule has 0 radical (unpaired) electrons. The molecule has 25 heavy (non-hydrogen) atoms. The second-order valence-electron chi connectivity index (χ2n) is 5.85. The molecule has 1 fully saturated rings. The summed E-state index contributed by atoms with van der Waals surface area (Å²) in [7, 11) is 0. The molecule has 2 rings (SSSR count). The van der Waals surface area contributed by atoms with Gasteiger partial charge in [0.05, 0.1) is 12.5 Å². The molecular formula is C18H22BrN3O3. The maximum absolute atomic E-state index is 12.5. The van der Waals surface area contributed by atoms with Crippen LogP contribution in [0.1, 0.15) is 36.0 Å². The molecule has 1 aromatic rings. The lowest BCUT2D eigenvalue weighted by molar-refractivity contribution is -0.135. The highest BCUT2D eigenvalue weighted by molar-refractivity contribution is 9.10. The van der Waals surface area contributed by atoms with Gasteiger partial charge in [-0.3, -0.25) is 9.59 Å². The smallest absolute Gasteiger partial charge is 0.251 e. The van der Waals surface area contributed by atoms with Crippen LogP contribution < -0.4 is 5.32 Å². The third-order valence-electron chi connectivity index (χ3n) is 4.15. The van der Waals surface area contributed by atoms with Crippen LogP contribution in [-0.4, -0.2) is 49.1 Å². The Bertz CT molecular complexity index is 621. The predicted molar refractivity (Wildman–Crippen MR) is 96.9 cm³/mol. The summed E-state index contributed by atoms with van der Waals surface area (Å²) in [4.78, 5) is 26.4. The molecule has 1 saturated heterocycles. The molecule has 1 heterocycles. The van der Waals surface area contributed by atoms with Gasteiger partial charge in [-0.1, -0.05) is 15.9 Å². The standard InChI is InChI=1S/C18H22BrN3O3/c19-15-4-2-14(3-5-15)18(24)21-10-6-17(23)22(11-1-9-20)16-7-12-25-13-8-16/h2-5,16H,1,6-8,10-13H2,(H,21,24). The highest BCUT2D eigenvalue weighted by atomic mass is 79.9. The van der Waals surface area contributed by atoms with Crippen LogP contribution in [0.4, 0.5) is 0 Å². The maximum atomic E-state index is 12.5. The lowest BCUT2D eigenvalue weighted by atomic mass is 10.1. The molecule has 2 amide bonds. The van der Waals surface area contributed by atoms with Crippen LogP contribution in [0.15, 0.2) is 28.7 Å². The van der Waals surface area contributed by atoms with Crippen molar-refractivity contribution in [2.75, 3.05) is 26.3 Å². The number of rotatable bonds is 7. The van der Waals surface area contributed by atoms with Crippen molar-refractivity contribution in [1.82, 2.24) is 10.2 Å². The average Bonchev–Trinajstić information content (AvgIpc) is 2.63. The molecule has 7 heteroatoms. The highest BCUT2D eigenvalue weighted by Crippen LogP contribution is 2.16. The van der Waals surface area contributed by atoms with Gasteiger partial charge >= 0.3 is 0 Å². The first-order chi connectivity index (χ1) is 12.1. The zero-order chi connectivity index (χ0) is 18.1. The van der Waals surface area contributed by atoms with Crippen LogP contribution in [0.2, 0.25) is 0 Å². The quantitative estimate of drug-likeness (QED) is 0.752. The minimum absolute atomic E-state index is 0.0294. The van der Waals surface area contributed by atoms with E-state index in [1.54, 1.807) is 29.2 Å². The summed E-state index contributed by atoms with van der Waals surface area (Å²) in [5.41, 5.74) is 0.557. The summed E-state index contributed by atoms with van der Waals surface area (Å²) in [5, 5.41) is 11.6. The SMILES string of the molecule is N#CCCN(C(=O)CCNC(=O)c1ccc(Br)cc1)C1CCOCC1. The Morgan fingerprint density at radius 2 is 1.96 bits per heavy atom. The Kier molecular flexibility index (Phi) is 7.89. The Morgan fingerprint density at radius 1 is 1.28 bits per heavy atom. The van der Waals surface area contributed by atoms with Gasteiger partial charge in [0.2, 0.25) is 5.91 Å². The van der Waals surface area contributed by atoms with Crippen LogP contribution in [0, 0.1) is 11.3 Å². The molecule has 0 bridgehead atoms. The number of nitrogens with one attached hydrogen (secondary N) is 1. The molecule has 0 aromatic heterocycles. The number of hydrogen-bond donors (Lipinski definition) is 1. The van der Waals surface area contributed by atoms with Gasteiger partial charge in [0.15, 0.2) is 0 Å². The number of amides is 2. The molecule has 0 spiro atoms. The van der Waals surface area contributed by atoms with Gasteiger partial charge in [0, 0.05) is 48.8 Å². The molecule has 1 aromatic carbocycles. The molecule has 134 valence electrons. The maximum Gasteiger partial charge on any atom is 0.251 e. The van der Waals surface area contributed by atoms with Crippen molar-refractivity contribution in [3.05, 3.63) is 34.3 Å². The summed E-state index contributed by atoms with van der Waals surface area (Å²) >= 11 is 3.33. The van der Waals surface area contributed by atoms with Crippen LogP contribution in [0.5, 0.6) is 0 Å². The van der Waals surface area contributed by atoms with Gasteiger partial charge in [-0.25, -0.2) is 0 Å². The van der Waals surface area contributed by atoms with Crippen molar-refractivity contribution >= 4 is 27.7 Å². The van der Waals surface area contributed by atoms with Crippen molar-refractivity contribution in [1.29, 1.82) is 5.26 Å². The Morgan fingerprint density at radius 3 is 2.60 bits per heavy atom. The van der Waals surface area contributed by atoms with E-state index in [9.17, 15) is 9.59 Å². The van der Waals surface area contributed by atoms with Crippen LogP contribution >= 0.6 is 15.9 Å². The summed E-state index contributed by atoms with van der Waals surface area (Å²) in [5.74, 6) is -0.229. The van der Waals surface area contributed by atoms with Gasteiger partial charge < -0.3 is 15.0 Å². The average molecular weight is 408 g/mol. The van der Waals surface area contributed by atoms with E-state index in [4.69, 9.17) is 10.00 Å². The van der Waals surface area contributed by atoms with E-state index < -0.39 is 0 Å². The third kappa shape index (κ3) is 6.15.